The maximum Gasteiger partial charge on any atom is 0.433 e. The number of rotatable bonds is 5. The number of hydrogen-bond donors (Lipinski definition) is 2. The summed E-state index contributed by atoms with van der Waals surface area (Å²) in [7, 11) is 1.49. The first-order valence-electron chi connectivity index (χ1n) is 12.2. The van der Waals surface area contributed by atoms with Crippen LogP contribution < -0.4 is 10.6 Å². The molecule has 12 heteroatoms. The van der Waals surface area contributed by atoms with Gasteiger partial charge < -0.3 is 29.6 Å². The van der Waals surface area contributed by atoms with Gasteiger partial charge in [0.25, 0.3) is 5.91 Å². The van der Waals surface area contributed by atoms with Gasteiger partial charge in [0.15, 0.2) is 18.2 Å². The Labute approximate surface area is 217 Å². The first-order valence-corrected chi connectivity index (χ1v) is 12.6. The lowest BCUT2D eigenvalue weighted by Crippen LogP contribution is -2.48. The molecule has 4 atom stereocenters. The quantitative estimate of drug-likeness (QED) is 0.568. The second-order valence-electron chi connectivity index (χ2n) is 10.1. The number of benzene rings is 1. The highest BCUT2D eigenvalue weighted by Gasteiger charge is 2.58. The molecule has 5 rings (SSSR count). The fourth-order valence-corrected chi connectivity index (χ4v) is 5.48. The Morgan fingerprint density at radius 1 is 1.11 bits per heavy atom. The summed E-state index contributed by atoms with van der Waals surface area (Å²) in [5.41, 5.74) is -0.409. The SMILES string of the molecule is CO[C@@H]1O[C@H](C(=O)NC2CCC(Nc3cc(C(F)(F)F)nc4ccc(Cl)cc34)CC2)[C@H]2OC(C)(C)O[C@@H]12. The topological polar surface area (TPSA) is 90.9 Å². The Morgan fingerprint density at radius 2 is 1.78 bits per heavy atom. The van der Waals surface area contributed by atoms with Gasteiger partial charge >= 0.3 is 6.18 Å². The number of hydrogen-bond acceptors (Lipinski definition) is 7. The molecule has 1 aromatic carbocycles. The van der Waals surface area contributed by atoms with Crippen LogP contribution in [0.4, 0.5) is 18.9 Å². The Hall–Kier alpha value is -2.18. The number of amides is 1. The molecule has 8 nitrogen and oxygen atoms in total. The van der Waals surface area contributed by atoms with E-state index in [-0.39, 0.29) is 23.5 Å². The molecule has 0 spiro atoms. The lowest BCUT2D eigenvalue weighted by atomic mass is 9.90. The van der Waals surface area contributed by atoms with Crippen LogP contribution in [0, 0.1) is 0 Å². The van der Waals surface area contributed by atoms with E-state index < -0.39 is 42.3 Å². The largest absolute Gasteiger partial charge is 0.433 e. The molecule has 2 saturated heterocycles. The summed E-state index contributed by atoms with van der Waals surface area (Å²) in [6.07, 6.45) is -4.60. The third-order valence-corrected chi connectivity index (χ3v) is 7.23. The van der Waals surface area contributed by atoms with E-state index in [0.29, 0.717) is 41.8 Å². The van der Waals surface area contributed by atoms with Crippen LogP contribution in [0.3, 0.4) is 0 Å². The fourth-order valence-electron chi connectivity index (χ4n) is 5.31. The van der Waals surface area contributed by atoms with Crippen LogP contribution >= 0.6 is 11.6 Å². The molecule has 1 amide bonds. The van der Waals surface area contributed by atoms with Gasteiger partial charge in [-0.05, 0) is 63.8 Å². The molecule has 2 N–H and O–H groups in total. The van der Waals surface area contributed by atoms with E-state index in [2.05, 4.69) is 15.6 Å². The van der Waals surface area contributed by atoms with Crippen molar-refractivity contribution in [2.24, 2.45) is 0 Å². The minimum atomic E-state index is -4.57. The summed E-state index contributed by atoms with van der Waals surface area (Å²) >= 11 is 6.10. The number of carbonyl (C=O) groups excluding carboxylic acids is 1. The van der Waals surface area contributed by atoms with Crippen molar-refractivity contribution in [1.82, 2.24) is 10.3 Å². The minimum Gasteiger partial charge on any atom is -0.382 e. The number of fused-ring (bicyclic) bond motifs is 2. The van der Waals surface area contributed by atoms with Gasteiger partial charge in [0, 0.05) is 35.3 Å². The second-order valence-corrected chi connectivity index (χ2v) is 10.6. The van der Waals surface area contributed by atoms with E-state index in [1.54, 1.807) is 19.9 Å². The predicted molar refractivity (Wildman–Crippen MR) is 129 cm³/mol. The van der Waals surface area contributed by atoms with Crippen molar-refractivity contribution >= 4 is 34.1 Å². The Balaban J connectivity index is 1.22. The van der Waals surface area contributed by atoms with Crippen LogP contribution in [0.5, 0.6) is 0 Å². The number of carbonyl (C=O) groups is 1. The average molecular weight is 544 g/mol. The van der Waals surface area contributed by atoms with Crippen molar-refractivity contribution in [3.05, 3.63) is 35.0 Å². The summed E-state index contributed by atoms with van der Waals surface area (Å²) in [5.74, 6) is -1.14. The summed E-state index contributed by atoms with van der Waals surface area (Å²) in [4.78, 5) is 16.8. The molecular weight excluding hydrogens is 515 g/mol. The monoisotopic (exact) mass is 543 g/mol. The lowest BCUT2D eigenvalue weighted by Gasteiger charge is -2.31. The normalized spacial score (nSPS) is 31.3. The standard InChI is InChI=1S/C25H29ClF3N3O5/c1-24(2)36-19-20(35-23(34-3)21(19)37-24)22(33)31-14-7-5-13(6-8-14)30-17-11-18(25(27,28)29)32-16-9-4-12(26)10-15(16)17/h4,9-11,13-14,19-21,23H,5-8H2,1-3H3,(H,30,32)(H,31,33)/t13?,14?,19-,20+,21-,23-/m1/s1. The zero-order valence-electron chi connectivity index (χ0n) is 20.6. The third kappa shape index (κ3) is 5.51. The molecule has 3 aliphatic rings. The zero-order valence-corrected chi connectivity index (χ0v) is 21.4. The Morgan fingerprint density at radius 3 is 2.46 bits per heavy atom. The zero-order chi connectivity index (χ0) is 26.5. The van der Waals surface area contributed by atoms with Gasteiger partial charge in [0.2, 0.25) is 0 Å². The van der Waals surface area contributed by atoms with Crippen molar-refractivity contribution in [3.8, 4) is 0 Å². The summed E-state index contributed by atoms with van der Waals surface area (Å²) in [6.45, 7) is 3.55. The molecule has 3 fully saturated rings. The van der Waals surface area contributed by atoms with Crippen LogP contribution in [0.25, 0.3) is 10.9 Å². The van der Waals surface area contributed by atoms with E-state index in [9.17, 15) is 18.0 Å². The highest BCUT2D eigenvalue weighted by Crippen LogP contribution is 2.39. The number of pyridine rings is 1. The average Bonchev–Trinajstić information content (AvgIpc) is 3.32. The number of ether oxygens (including phenoxy) is 4. The molecule has 0 radical (unpaired) electrons. The summed E-state index contributed by atoms with van der Waals surface area (Å²) in [5, 5.41) is 7.23. The van der Waals surface area contributed by atoms with Crippen molar-refractivity contribution < 1.29 is 36.9 Å². The lowest BCUT2D eigenvalue weighted by molar-refractivity contribution is -0.226. The first-order chi connectivity index (χ1) is 17.4. The number of alkyl halides is 3. The molecular formula is C25H29ClF3N3O5. The molecule has 0 bridgehead atoms. The van der Waals surface area contributed by atoms with Crippen LogP contribution in [0.2, 0.25) is 5.02 Å². The number of aromatic nitrogens is 1. The molecule has 2 aromatic rings. The molecule has 1 saturated carbocycles. The van der Waals surface area contributed by atoms with Crippen molar-refractivity contribution in [2.45, 2.75) is 88.2 Å². The van der Waals surface area contributed by atoms with Gasteiger partial charge in [-0.3, -0.25) is 4.79 Å². The molecule has 0 unspecified atom stereocenters. The van der Waals surface area contributed by atoms with Crippen LogP contribution in [-0.2, 0) is 29.9 Å². The highest BCUT2D eigenvalue weighted by atomic mass is 35.5. The number of methoxy groups -OCH3 is 1. The van der Waals surface area contributed by atoms with Gasteiger partial charge in [-0.1, -0.05) is 11.6 Å². The number of nitrogens with one attached hydrogen (secondary N) is 2. The molecule has 202 valence electrons. The first kappa shape index (κ1) is 26.4. The second kappa shape index (κ2) is 9.85. The highest BCUT2D eigenvalue weighted by molar-refractivity contribution is 6.31. The summed E-state index contributed by atoms with van der Waals surface area (Å²) in [6, 6.07) is 5.46. The summed E-state index contributed by atoms with van der Waals surface area (Å²) < 4.78 is 63.1. The van der Waals surface area contributed by atoms with E-state index in [4.69, 9.17) is 30.5 Å². The smallest absolute Gasteiger partial charge is 0.382 e. The van der Waals surface area contributed by atoms with Crippen LogP contribution in [-0.4, -0.2) is 60.5 Å². The van der Waals surface area contributed by atoms with Gasteiger partial charge in [-0.25, -0.2) is 4.98 Å². The van der Waals surface area contributed by atoms with Crippen molar-refractivity contribution in [1.29, 1.82) is 0 Å². The van der Waals surface area contributed by atoms with E-state index in [1.165, 1.54) is 19.2 Å². The van der Waals surface area contributed by atoms with Gasteiger partial charge in [-0.15, -0.1) is 0 Å². The van der Waals surface area contributed by atoms with Crippen LogP contribution in [0.1, 0.15) is 45.2 Å². The molecule has 1 aromatic heterocycles. The van der Waals surface area contributed by atoms with E-state index in [0.717, 1.165) is 6.07 Å². The Bertz CT molecular complexity index is 1170. The third-order valence-electron chi connectivity index (χ3n) is 7.00. The van der Waals surface area contributed by atoms with Crippen molar-refractivity contribution in [3.63, 3.8) is 0 Å². The number of halogens is 4. The van der Waals surface area contributed by atoms with Gasteiger partial charge in [-0.2, -0.15) is 13.2 Å². The van der Waals surface area contributed by atoms with Gasteiger partial charge in [0.05, 0.1) is 5.52 Å². The maximum absolute atomic E-state index is 13.4. The molecule has 2 aliphatic heterocycles. The maximum atomic E-state index is 13.4. The van der Waals surface area contributed by atoms with Gasteiger partial charge in [0.1, 0.15) is 17.9 Å². The predicted octanol–water partition coefficient (Wildman–Crippen LogP) is 4.64. The van der Waals surface area contributed by atoms with Crippen molar-refractivity contribution in [2.75, 3.05) is 12.4 Å². The minimum absolute atomic E-state index is 0.0730. The fraction of sp³-hybridized carbons (Fsp3) is 0.600. The van der Waals surface area contributed by atoms with E-state index >= 15 is 0 Å². The Kier molecular flexibility index (Phi) is 7.03. The van der Waals surface area contributed by atoms with E-state index in [1.807, 2.05) is 0 Å². The number of anilines is 1. The number of nitrogens with zero attached hydrogens (tertiary/aromatic N) is 1. The molecule has 3 heterocycles. The van der Waals surface area contributed by atoms with Crippen LogP contribution in [0.15, 0.2) is 24.3 Å². The molecule has 1 aliphatic carbocycles. The molecule has 37 heavy (non-hydrogen) atoms.